The zero-order valence-corrected chi connectivity index (χ0v) is 19.8. The van der Waals surface area contributed by atoms with Crippen molar-refractivity contribution in [3.05, 3.63) is 42.5 Å². The van der Waals surface area contributed by atoms with Gasteiger partial charge in [-0.15, -0.1) is 10.2 Å². The molecule has 2 saturated heterocycles. The summed E-state index contributed by atoms with van der Waals surface area (Å²) in [5.41, 5.74) is 1.92. The number of aromatic hydroxyl groups is 1. The van der Waals surface area contributed by atoms with Crippen LogP contribution in [0.15, 0.2) is 36.5 Å². The molecule has 0 radical (unpaired) electrons. The van der Waals surface area contributed by atoms with Crippen LogP contribution < -0.4 is 15.0 Å². The molecule has 5 rings (SSSR count). The van der Waals surface area contributed by atoms with Gasteiger partial charge in [0.1, 0.15) is 5.75 Å². The maximum Gasteiger partial charge on any atom is 0.216 e. The normalized spacial score (nSPS) is 25.9. The minimum absolute atomic E-state index is 0.0210. The first-order valence-corrected chi connectivity index (χ1v) is 11.4. The van der Waals surface area contributed by atoms with Gasteiger partial charge in [0.2, 0.25) is 11.8 Å². The number of phenols is 1. The van der Waals surface area contributed by atoms with E-state index < -0.39 is 5.95 Å². The van der Waals surface area contributed by atoms with Crippen LogP contribution in [0.5, 0.6) is 11.6 Å². The Bertz CT molecular complexity index is 1200. The first-order chi connectivity index (χ1) is 16.2. The zero-order valence-electron chi connectivity index (χ0n) is 19.8. The number of aromatic nitrogens is 4. The van der Waals surface area contributed by atoms with E-state index in [0.717, 1.165) is 12.8 Å². The molecule has 178 valence electrons. The van der Waals surface area contributed by atoms with Crippen LogP contribution in [0.3, 0.4) is 0 Å². The summed E-state index contributed by atoms with van der Waals surface area (Å²) >= 11 is 0. The number of ether oxygens (including phenoxy) is 1. The lowest BCUT2D eigenvalue weighted by Gasteiger charge is -2.45. The summed E-state index contributed by atoms with van der Waals surface area (Å²) in [4.78, 5) is 10.3. The summed E-state index contributed by atoms with van der Waals surface area (Å²) in [7, 11) is 3.47. The van der Waals surface area contributed by atoms with E-state index in [1.807, 2.05) is 7.05 Å². The first-order valence-electron chi connectivity index (χ1n) is 11.4. The molecule has 0 amide bonds. The number of hydrogen-bond donors (Lipinski definition) is 2. The molecule has 2 aromatic heterocycles. The van der Waals surface area contributed by atoms with Crippen LogP contribution in [0.1, 0.15) is 39.5 Å². The molecule has 0 spiro atoms. The molecule has 1 unspecified atom stereocenters. The second-order valence-corrected chi connectivity index (χ2v) is 10.0. The minimum atomic E-state index is -0.658. The van der Waals surface area contributed by atoms with Crippen molar-refractivity contribution in [2.45, 2.75) is 56.7 Å². The highest BCUT2D eigenvalue weighted by Crippen LogP contribution is 2.43. The van der Waals surface area contributed by atoms with Gasteiger partial charge in [0.05, 0.1) is 18.9 Å². The molecular formula is C25H29FN6O2. The van der Waals surface area contributed by atoms with Gasteiger partial charge in [-0.3, -0.25) is 0 Å². The topological polar surface area (TPSA) is 96.3 Å². The number of halogens is 1. The molecule has 0 saturated carbocycles. The SMILES string of the molecule is COc1cc(-c2ccc(-c3ncc(N(C)C4C[C@]5(C)CC[C@](C)(C4)N5)nn3)c(O)c2)cc(F)n1. The van der Waals surface area contributed by atoms with Gasteiger partial charge in [-0.2, -0.15) is 9.37 Å². The number of rotatable bonds is 5. The molecule has 2 N–H and O–H groups in total. The molecular weight excluding hydrogens is 435 g/mol. The van der Waals surface area contributed by atoms with Crippen LogP contribution >= 0.6 is 0 Å². The van der Waals surface area contributed by atoms with E-state index in [-0.39, 0.29) is 22.7 Å². The lowest BCUT2D eigenvalue weighted by Crippen LogP contribution is -2.58. The van der Waals surface area contributed by atoms with E-state index in [4.69, 9.17) is 4.74 Å². The van der Waals surface area contributed by atoms with Gasteiger partial charge >= 0.3 is 0 Å². The first kappa shape index (κ1) is 22.5. The third kappa shape index (κ3) is 4.16. The Morgan fingerprint density at radius 1 is 1.09 bits per heavy atom. The number of phenolic OH excluding ortho intramolecular Hbond substituents is 1. The second-order valence-electron chi connectivity index (χ2n) is 10.0. The summed E-state index contributed by atoms with van der Waals surface area (Å²) < 4.78 is 18.8. The number of methoxy groups -OCH3 is 1. The number of nitrogens with zero attached hydrogens (tertiary/aromatic N) is 5. The Hall–Kier alpha value is -3.33. The number of anilines is 1. The summed E-state index contributed by atoms with van der Waals surface area (Å²) in [6.07, 6.45) is 6.17. The van der Waals surface area contributed by atoms with Crippen LogP contribution in [0.4, 0.5) is 10.2 Å². The summed E-state index contributed by atoms with van der Waals surface area (Å²) in [5.74, 6) is 0.513. The van der Waals surface area contributed by atoms with Crippen molar-refractivity contribution in [3.8, 4) is 34.1 Å². The fourth-order valence-corrected chi connectivity index (χ4v) is 5.48. The number of hydrogen-bond acceptors (Lipinski definition) is 8. The van der Waals surface area contributed by atoms with E-state index in [9.17, 15) is 9.50 Å². The van der Waals surface area contributed by atoms with Gasteiger partial charge in [-0.1, -0.05) is 6.07 Å². The summed E-state index contributed by atoms with van der Waals surface area (Å²) in [5, 5.41) is 23.1. The van der Waals surface area contributed by atoms with E-state index >= 15 is 0 Å². The monoisotopic (exact) mass is 464 g/mol. The van der Waals surface area contributed by atoms with Crippen molar-refractivity contribution in [2.24, 2.45) is 0 Å². The minimum Gasteiger partial charge on any atom is -0.507 e. The molecule has 8 nitrogen and oxygen atoms in total. The molecule has 0 aliphatic carbocycles. The molecule has 3 atom stereocenters. The average Bonchev–Trinajstić information content (AvgIpc) is 3.04. The van der Waals surface area contributed by atoms with E-state index in [2.05, 4.69) is 44.2 Å². The van der Waals surface area contributed by atoms with E-state index in [1.54, 1.807) is 30.5 Å². The number of pyridine rings is 1. The van der Waals surface area contributed by atoms with Crippen molar-refractivity contribution >= 4 is 5.82 Å². The van der Waals surface area contributed by atoms with Crippen LogP contribution in [0.2, 0.25) is 0 Å². The van der Waals surface area contributed by atoms with Crippen LogP contribution in [0.25, 0.3) is 22.5 Å². The van der Waals surface area contributed by atoms with Gasteiger partial charge in [0.25, 0.3) is 0 Å². The molecule has 3 aromatic rings. The highest BCUT2D eigenvalue weighted by molar-refractivity contribution is 5.73. The van der Waals surface area contributed by atoms with Gasteiger partial charge < -0.3 is 20.1 Å². The van der Waals surface area contributed by atoms with Crippen LogP contribution in [-0.4, -0.2) is 56.5 Å². The molecule has 1 aromatic carbocycles. The second kappa shape index (κ2) is 8.16. The molecule has 2 fully saturated rings. The van der Waals surface area contributed by atoms with Crippen molar-refractivity contribution in [3.63, 3.8) is 0 Å². The number of piperidine rings is 1. The molecule has 2 aliphatic rings. The third-order valence-corrected chi connectivity index (χ3v) is 7.21. The quantitative estimate of drug-likeness (QED) is 0.548. The Labute approximate surface area is 198 Å². The molecule has 9 heteroatoms. The number of fused-ring (bicyclic) bond motifs is 2. The van der Waals surface area contributed by atoms with Crippen molar-refractivity contribution in [1.82, 2.24) is 25.5 Å². The van der Waals surface area contributed by atoms with Crippen LogP contribution in [-0.2, 0) is 0 Å². The van der Waals surface area contributed by atoms with Gasteiger partial charge in [0.15, 0.2) is 11.6 Å². The summed E-state index contributed by atoms with van der Waals surface area (Å²) in [6.45, 7) is 4.60. The average molecular weight is 465 g/mol. The standard InChI is InChI=1S/C25H29FN6O2/c1-24-7-8-25(2,31-24)13-17(12-24)32(3)21-14-27-23(30-29-21)18-6-5-15(9-19(18)33)16-10-20(26)28-22(11-16)34-4/h5-6,9-11,14,17,31,33H,7-8,12-13H2,1-4H3/t17?,24-,25+. The van der Waals surface area contributed by atoms with Crippen molar-refractivity contribution in [1.29, 1.82) is 0 Å². The van der Waals surface area contributed by atoms with Gasteiger partial charge in [0, 0.05) is 36.3 Å². The molecule has 4 heterocycles. The van der Waals surface area contributed by atoms with Crippen molar-refractivity contribution in [2.75, 3.05) is 19.1 Å². The van der Waals surface area contributed by atoms with Gasteiger partial charge in [-0.25, -0.2) is 4.98 Å². The molecule has 34 heavy (non-hydrogen) atoms. The highest BCUT2D eigenvalue weighted by atomic mass is 19.1. The number of nitrogens with one attached hydrogen (secondary N) is 1. The summed E-state index contributed by atoms with van der Waals surface area (Å²) in [6, 6.07) is 8.24. The van der Waals surface area contributed by atoms with Crippen LogP contribution in [0, 0.1) is 5.95 Å². The zero-order chi connectivity index (χ0) is 24.1. The molecule has 2 aliphatic heterocycles. The number of benzene rings is 1. The highest BCUT2D eigenvalue weighted by Gasteiger charge is 2.49. The fourth-order valence-electron chi connectivity index (χ4n) is 5.48. The van der Waals surface area contributed by atoms with E-state index in [1.165, 1.54) is 26.0 Å². The lowest BCUT2D eigenvalue weighted by molar-refractivity contribution is 0.207. The maximum atomic E-state index is 13.8. The Morgan fingerprint density at radius 2 is 1.82 bits per heavy atom. The maximum absolute atomic E-state index is 13.8. The fraction of sp³-hybridized carbons (Fsp3) is 0.440. The predicted octanol–water partition coefficient (Wildman–Crippen LogP) is 3.95. The third-order valence-electron chi connectivity index (χ3n) is 7.21. The smallest absolute Gasteiger partial charge is 0.216 e. The lowest BCUT2D eigenvalue weighted by atomic mass is 9.84. The Morgan fingerprint density at radius 3 is 2.44 bits per heavy atom. The predicted molar refractivity (Wildman–Crippen MR) is 127 cm³/mol. The Kier molecular flexibility index (Phi) is 5.39. The van der Waals surface area contributed by atoms with Gasteiger partial charge in [-0.05, 0) is 62.8 Å². The largest absolute Gasteiger partial charge is 0.507 e. The van der Waals surface area contributed by atoms with E-state index in [0.29, 0.717) is 34.4 Å². The van der Waals surface area contributed by atoms with Crippen molar-refractivity contribution < 1.29 is 14.2 Å². The Balaban J connectivity index is 1.36. The molecule has 2 bridgehead atoms.